The molecule has 4 nitrogen and oxygen atoms in total. The fraction of sp³-hybridized carbons (Fsp3) is 0.500. The van der Waals surface area contributed by atoms with Crippen molar-refractivity contribution in [3.05, 3.63) is 24.2 Å². The van der Waals surface area contributed by atoms with E-state index in [0.29, 0.717) is 30.3 Å². The minimum atomic E-state index is -4.46. The van der Waals surface area contributed by atoms with Crippen LogP contribution in [0.15, 0.2) is 18.5 Å². The highest BCUT2D eigenvalue weighted by atomic mass is 35.5. The van der Waals surface area contributed by atoms with Gasteiger partial charge in [-0.2, -0.15) is 18.3 Å². The lowest BCUT2D eigenvalue weighted by molar-refractivity contribution is -0.141. The van der Waals surface area contributed by atoms with Crippen LogP contribution in [0.1, 0.15) is 19.0 Å². The maximum atomic E-state index is 12.7. The second-order valence-corrected chi connectivity index (χ2v) is 4.61. The van der Waals surface area contributed by atoms with Crippen LogP contribution in [0.2, 0.25) is 0 Å². The third kappa shape index (κ3) is 2.98. The Morgan fingerprint density at radius 1 is 1.40 bits per heavy atom. The summed E-state index contributed by atoms with van der Waals surface area (Å²) in [5.41, 5.74) is -0.573. The molecule has 0 atom stereocenters. The quantitative estimate of drug-likeness (QED) is 0.795. The Morgan fingerprint density at radius 2 is 2.15 bits per heavy atom. The number of alkyl halides is 4. The summed E-state index contributed by atoms with van der Waals surface area (Å²) < 4.78 is 39.4. The maximum Gasteiger partial charge on any atom is 0.435 e. The summed E-state index contributed by atoms with van der Waals surface area (Å²) in [4.78, 5) is 6.07. The molecule has 2 aromatic rings. The molecule has 0 aliphatic carbocycles. The number of hydrogen-bond donors (Lipinski definition) is 0. The first kappa shape index (κ1) is 14.9. The molecule has 110 valence electrons. The predicted octanol–water partition coefficient (Wildman–Crippen LogP) is 3.20. The van der Waals surface area contributed by atoms with E-state index in [1.54, 1.807) is 0 Å². The molecule has 0 fully saturated rings. The Morgan fingerprint density at radius 3 is 2.75 bits per heavy atom. The van der Waals surface area contributed by atoms with E-state index in [1.165, 1.54) is 16.9 Å². The van der Waals surface area contributed by atoms with Gasteiger partial charge in [0.05, 0.1) is 0 Å². The lowest BCUT2D eigenvalue weighted by atomic mass is 10.3. The Kier molecular flexibility index (Phi) is 4.37. The van der Waals surface area contributed by atoms with Crippen LogP contribution >= 0.6 is 11.6 Å². The van der Waals surface area contributed by atoms with Gasteiger partial charge >= 0.3 is 6.18 Å². The minimum absolute atomic E-state index is 0.344. The van der Waals surface area contributed by atoms with E-state index in [1.807, 2.05) is 11.8 Å². The third-order valence-electron chi connectivity index (χ3n) is 2.90. The van der Waals surface area contributed by atoms with E-state index in [9.17, 15) is 13.2 Å². The topological polar surface area (TPSA) is 33.4 Å². The Bertz CT molecular complexity index is 582. The molecule has 0 bridgehead atoms. The summed E-state index contributed by atoms with van der Waals surface area (Å²) in [6.45, 7) is 3.19. The molecule has 0 saturated carbocycles. The van der Waals surface area contributed by atoms with Crippen LogP contribution in [-0.4, -0.2) is 33.6 Å². The fourth-order valence-corrected chi connectivity index (χ4v) is 2.07. The molecule has 0 amide bonds. The smallest absolute Gasteiger partial charge is 0.355 e. The van der Waals surface area contributed by atoms with E-state index in [4.69, 9.17) is 11.6 Å². The maximum absolute atomic E-state index is 12.7. The molecule has 2 heterocycles. The van der Waals surface area contributed by atoms with Gasteiger partial charge in [-0.3, -0.25) is 0 Å². The van der Waals surface area contributed by atoms with Crippen molar-refractivity contribution in [2.75, 3.05) is 23.9 Å². The first-order valence-electron chi connectivity index (χ1n) is 6.20. The summed E-state index contributed by atoms with van der Waals surface area (Å²) in [7, 11) is 0. The molecule has 0 saturated heterocycles. The first-order chi connectivity index (χ1) is 9.47. The zero-order valence-electron chi connectivity index (χ0n) is 10.9. The highest BCUT2D eigenvalue weighted by Crippen LogP contribution is 2.30. The van der Waals surface area contributed by atoms with E-state index < -0.39 is 11.9 Å². The molecular weight excluding hydrogens is 293 g/mol. The minimum Gasteiger partial charge on any atom is -0.355 e. The van der Waals surface area contributed by atoms with Crippen LogP contribution in [-0.2, 0) is 6.18 Å². The van der Waals surface area contributed by atoms with Crippen LogP contribution in [0.3, 0.4) is 0 Å². The van der Waals surface area contributed by atoms with Crippen LogP contribution in [0.4, 0.5) is 19.0 Å². The van der Waals surface area contributed by atoms with Gasteiger partial charge in [-0.1, -0.05) is 0 Å². The van der Waals surface area contributed by atoms with Crippen molar-refractivity contribution >= 4 is 22.9 Å². The Hall–Kier alpha value is -1.50. The SMILES string of the molecule is CCN(CCCCl)c1nccn2nc(C(F)(F)F)cc12. The molecule has 2 aromatic heterocycles. The van der Waals surface area contributed by atoms with Crippen molar-refractivity contribution in [2.24, 2.45) is 0 Å². The first-order valence-corrected chi connectivity index (χ1v) is 6.73. The lowest BCUT2D eigenvalue weighted by Crippen LogP contribution is -2.25. The largest absolute Gasteiger partial charge is 0.435 e. The van der Waals surface area contributed by atoms with Gasteiger partial charge in [0, 0.05) is 37.4 Å². The van der Waals surface area contributed by atoms with Crippen LogP contribution in [0.25, 0.3) is 5.52 Å². The second kappa shape index (κ2) is 5.87. The van der Waals surface area contributed by atoms with E-state index >= 15 is 0 Å². The molecule has 0 spiro atoms. The van der Waals surface area contributed by atoms with Gasteiger partial charge < -0.3 is 4.90 Å². The van der Waals surface area contributed by atoms with Crippen LogP contribution < -0.4 is 4.90 Å². The standard InChI is InChI=1S/C12H14ClF3N4/c1-2-19(6-3-4-13)11-9-8-10(12(14,15)16)18-20(9)7-5-17-11/h5,7-8H,2-4,6H2,1H3. The second-order valence-electron chi connectivity index (χ2n) is 4.23. The number of hydrogen-bond acceptors (Lipinski definition) is 3. The van der Waals surface area contributed by atoms with Gasteiger partial charge in [-0.15, -0.1) is 11.6 Å². The van der Waals surface area contributed by atoms with Gasteiger partial charge in [0.2, 0.25) is 0 Å². The Labute approximate surface area is 119 Å². The van der Waals surface area contributed by atoms with Gasteiger partial charge in [0.1, 0.15) is 5.52 Å². The molecule has 0 unspecified atom stereocenters. The average molecular weight is 307 g/mol. The average Bonchev–Trinajstić information content (AvgIpc) is 2.84. The number of halogens is 4. The summed E-state index contributed by atoms with van der Waals surface area (Å²) in [5.74, 6) is 0.982. The molecule has 0 aliphatic rings. The summed E-state index contributed by atoms with van der Waals surface area (Å²) in [6.07, 6.45) is -0.878. The molecule has 2 rings (SSSR count). The number of nitrogens with zero attached hydrogens (tertiary/aromatic N) is 4. The number of fused-ring (bicyclic) bond motifs is 1. The van der Waals surface area contributed by atoms with E-state index in [-0.39, 0.29) is 0 Å². The molecular formula is C12H14ClF3N4. The van der Waals surface area contributed by atoms with Gasteiger partial charge in [0.15, 0.2) is 11.5 Å². The summed E-state index contributed by atoms with van der Waals surface area (Å²) >= 11 is 5.66. The molecule has 0 aliphatic heterocycles. The number of anilines is 1. The Balaban J connectivity index is 2.45. The summed E-state index contributed by atoms with van der Waals surface area (Å²) in [6, 6.07) is 1.02. The van der Waals surface area contributed by atoms with E-state index in [0.717, 1.165) is 12.5 Å². The van der Waals surface area contributed by atoms with Gasteiger partial charge in [0.25, 0.3) is 0 Å². The van der Waals surface area contributed by atoms with E-state index in [2.05, 4.69) is 10.1 Å². The van der Waals surface area contributed by atoms with Crippen molar-refractivity contribution in [3.8, 4) is 0 Å². The predicted molar refractivity (Wildman–Crippen MR) is 71.2 cm³/mol. The molecule has 8 heteroatoms. The monoisotopic (exact) mass is 306 g/mol. The normalized spacial score (nSPS) is 12.1. The van der Waals surface area contributed by atoms with Crippen LogP contribution in [0, 0.1) is 0 Å². The number of aromatic nitrogens is 3. The molecule has 0 radical (unpaired) electrons. The van der Waals surface area contributed by atoms with Gasteiger partial charge in [-0.05, 0) is 13.3 Å². The van der Waals surface area contributed by atoms with Crippen molar-refractivity contribution in [2.45, 2.75) is 19.5 Å². The van der Waals surface area contributed by atoms with Crippen LogP contribution in [0.5, 0.6) is 0 Å². The zero-order valence-corrected chi connectivity index (χ0v) is 11.6. The summed E-state index contributed by atoms with van der Waals surface area (Å²) in [5, 5.41) is 3.54. The molecule has 20 heavy (non-hydrogen) atoms. The van der Waals surface area contributed by atoms with Crippen molar-refractivity contribution in [3.63, 3.8) is 0 Å². The van der Waals surface area contributed by atoms with Crippen molar-refractivity contribution < 1.29 is 13.2 Å². The van der Waals surface area contributed by atoms with Gasteiger partial charge in [-0.25, -0.2) is 9.50 Å². The lowest BCUT2D eigenvalue weighted by Gasteiger charge is -2.21. The zero-order chi connectivity index (χ0) is 14.8. The molecule has 0 N–H and O–H groups in total. The highest BCUT2D eigenvalue weighted by Gasteiger charge is 2.34. The number of rotatable bonds is 5. The third-order valence-corrected chi connectivity index (χ3v) is 3.17. The van der Waals surface area contributed by atoms with Crippen molar-refractivity contribution in [1.29, 1.82) is 0 Å². The van der Waals surface area contributed by atoms with Crippen molar-refractivity contribution in [1.82, 2.24) is 14.6 Å². The molecule has 0 aromatic carbocycles. The highest BCUT2D eigenvalue weighted by molar-refractivity contribution is 6.17. The fourth-order valence-electron chi connectivity index (χ4n) is 1.95.